The number of nitrogens with zero attached hydrogens (tertiary/aromatic N) is 2. The van der Waals surface area contributed by atoms with Gasteiger partial charge >= 0.3 is 6.01 Å². The highest BCUT2D eigenvalue weighted by atomic mass is 35.5. The van der Waals surface area contributed by atoms with Gasteiger partial charge < -0.3 is 13.6 Å². The van der Waals surface area contributed by atoms with Gasteiger partial charge in [0.1, 0.15) is 17.3 Å². The van der Waals surface area contributed by atoms with Crippen molar-refractivity contribution in [3.63, 3.8) is 0 Å². The number of anilines is 1. The van der Waals surface area contributed by atoms with E-state index in [2.05, 4.69) is 15.5 Å². The van der Waals surface area contributed by atoms with Crippen molar-refractivity contribution in [2.24, 2.45) is 0 Å². The van der Waals surface area contributed by atoms with Crippen LogP contribution >= 0.6 is 11.6 Å². The molecule has 1 N–H and O–H groups in total. The second-order valence-electron chi connectivity index (χ2n) is 6.26. The molecule has 136 valence electrons. The standard InChI is InChI=1S/C18H18ClN3O4/c1-10-9-14(11(2)24-10)15-21-22-17(25-15)20-16(23)18(3,4)26-13-7-5-12(19)6-8-13/h5-9H,1-4H3,(H,20,22,23). The Labute approximate surface area is 155 Å². The van der Waals surface area contributed by atoms with Crippen molar-refractivity contribution >= 4 is 23.5 Å². The number of carbonyl (C=O) groups excluding carboxylic acids is 1. The predicted molar refractivity (Wildman–Crippen MR) is 96.3 cm³/mol. The van der Waals surface area contributed by atoms with Crippen molar-refractivity contribution in [3.8, 4) is 17.2 Å². The van der Waals surface area contributed by atoms with Crippen LogP contribution in [0.5, 0.6) is 5.75 Å². The first-order valence-electron chi connectivity index (χ1n) is 7.91. The van der Waals surface area contributed by atoms with Crippen LogP contribution in [0.1, 0.15) is 25.4 Å². The summed E-state index contributed by atoms with van der Waals surface area (Å²) in [4.78, 5) is 12.5. The van der Waals surface area contributed by atoms with Crippen LogP contribution < -0.4 is 10.1 Å². The van der Waals surface area contributed by atoms with Crippen LogP contribution in [0.2, 0.25) is 5.02 Å². The summed E-state index contributed by atoms with van der Waals surface area (Å²) in [6, 6.07) is 8.52. The summed E-state index contributed by atoms with van der Waals surface area (Å²) in [6.45, 7) is 6.90. The van der Waals surface area contributed by atoms with E-state index in [1.807, 2.05) is 6.92 Å². The van der Waals surface area contributed by atoms with Crippen LogP contribution in [0, 0.1) is 13.8 Å². The van der Waals surface area contributed by atoms with Crippen molar-refractivity contribution in [2.75, 3.05) is 5.32 Å². The SMILES string of the molecule is Cc1cc(-c2nnc(NC(=O)C(C)(C)Oc3ccc(Cl)cc3)o2)c(C)o1. The number of amides is 1. The van der Waals surface area contributed by atoms with E-state index in [4.69, 9.17) is 25.2 Å². The van der Waals surface area contributed by atoms with Gasteiger partial charge in [0.15, 0.2) is 5.60 Å². The zero-order valence-electron chi connectivity index (χ0n) is 14.8. The number of benzene rings is 1. The average Bonchev–Trinajstić information content (AvgIpc) is 3.15. The second-order valence-corrected chi connectivity index (χ2v) is 6.70. The van der Waals surface area contributed by atoms with Gasteiger partial charge in [0.25, 0.3) is 11.8 Å². The summed E-state index contributed by atoms with van der Waals surface area (Å²) in [6.07, 6.45) is 0. The molecule has 1 amide bonds. The minimum Gasteiger partial charge on any atom is -0.478 e. The zero-order chi connectivity index (χ0) is 18.9. The molecule has 0 spiro atoms. The van der Waals surface area contributed by atoms with E-state index in [-0.39, 0.29) is 11.9 Å². The average molecular weight is 376 g/mol. The summed E-state index contributed by atoms with van der Waals surface area (Å²) < 4.78 is 16.7. The number of nitrogens with one attached hydrogen (secondary N) is 1. The van der Waals surface area contributed by atoms with Gasteiger partial charge in [-0.05, 0) is 58.0 Å². The Kier molecular flexibility index (Phi) is 4.73. The largest absolute Gasteiger partial charge is 0.478 e. The molecular formula is C18H18ClN3O4. The molecule has 0 atom stereocenters. The van der Waals surface area contributed by atoms with E-state index in [9.17, 15) is 4.79 Å². The lowest BCUT2D eigenvalue weighted by Gasteiger charge is -2.24. The Balaban J connectivity index is 1.71. The van der Waals surface area contributed by atoms with Crippen LogP contribution in [0.3, 0.4) is 0 Å². The molecule has 0 aliphatic carbocycles. The molecule has 0 aliphatic rings. The Morgan fingerprint density at radius 2 is 1.85 bits per heavy atom. The quantitative estimate of drug-likeness (QED) is 0.710. The van der Waals surface area contributed by atoms with E-state index in [1.165, 1.54) is 0 Å². The van der Waals surface area contributed by atoms with Crippen LogP contribution in [0.25, 0.3) is 11.5 Å². The molecule has 26 heavy (non-hydrogen) atoms. The fraction of sp³-hybridized carbons (Fsp3) is 0.278. The minimum absolute atomic E-state index is 0.0176. The van der Waals surface area contributed by atoms with E-state index in [0.29, 0.717) is 22.1 Å². The summed E-state index contributed by atoms with van der Waals surface area (Å²) in [5.41, 5.74) is -0.475. The lowest BCUT2D eigenvalue weighted by Crippen LogP contribution is -2.42. The molecule has 3 aromatic rings. The second kappa shape index (κ2) is 6.84. The van der Waals surface area contributed by atoms with Crippen molar-refractivity contribution in [1.82, 2.24) is 10.2 Å². The Morgan fingerprint density at radius 1 is 1.15 bits per heavy atom. The third-order valence-corrected chi connectivity index (χ3v) is 3.90. The maximum absolute atomic E-state index is 12.5. The summed E-state index contributed by atoms with van der Waals surface area (Å²) in [5.74, 6) is 1.76. The Hall–Kier alpha value is -2.80. The van der Waals surface area contributed by atoms with Gasteiger partial charge in [-0.1, -0.05) is 16.7 Å². The topological polar surface area (TPSA) is 90.4 Å². The fourth-order valence-electron chi connectivity index (χ4n) is 2.32. The number of halogens is 1. The normalized spacial score (nSPS) is 11.4. The van der Waals surface area contributed by atoms with E-state index in [0.717, 1.165) is 5.76 Å². The van der Waals surface area contributed by atoms with Gasteiger partial charge in [-0.25, -0.2) is 0 Å². The van der Waals surface area contributed by atoms with Gasteiger partial charge in [0.05, 0.1) is 5.56 Å². The molecule has 2 aromatic heterocycles. The maximum Gasteiger partial charge on any atom is 0.322 e. The number of rotatable bonds is 5. The van der Waals surface area contributed by atoms with Crippen LogP contribution in [0.4, 0.5) is 6.01 Å². The lowest BCUT2D eigenvalue weighted by atomic mass is 10.1. The van der Waals surface area contributed by atoms with Crippen LogP contribution in [-0.4, -0.2) is 21.7 Å². The van der Waals surface area contributed by atoms with Crippen LogP contribution in [0.15, 0.2) is 39.2 Å². The molecule has 0 unspecified atom stereocenters. The van der Waals surface area contributed by atoms with Gasteiger partial charge in [0, 0.05) is 5.02 Å². The minimum atomic E-state index is -1.16. The first-order chi connectivity index (χ1) is 12.2. The van der Waals surface area contributed by atoms with Gasteiger partial charge in [-0.3, -0.25) is 10.1 Å². The molecule has 0 aliphatic heterocycles. The summed E-state index contributed by atoms with van der Waals surface area (Å²) >= 11 is 5.85. The third kappa shape index (κ3) is 3.88. The summed E-state index contributed by atoms with van der Waals surface area (Å²) in [5, 5.41) is 10.9. The lowest BCUT2D eigenvalue weighted by molar-refractivity contribution is -0.128. The van der Waals surface area contributed by atoms with Crippen molar-refractivity contribution < 1.29 is 18.4 Å². The number of hydrogen-bond donors (Lipinski definition) is 1. The molecule has 3 rings (SSSR count). The number of ether oxygens (including phenoxy) is 1. The highest BCUT2D eigenvalue weighted by molar-refractivity contribution is 6.30. The molecule has 0 saturated carbocycles. The Bertz CT molecular complexity index is 928. The molecule has 0 bridgehead atoms. The molecule has 0 fully saturated rings. The first-order valence-corrected chi connectivity index (χ1v) is 8.29. The highest BCUT2D eigenvalue weighted by Gasteiger charge is 2.31. The number of aryl methyl sites for hydroxylation is 2. The van der Waals surface area contributed by atoms with Gasteiger partial charge in [-0.15, -0.1) is 5.10 Å². The van der Waals surface area contributed by atoms with Crippen molar-refractivity contribution in [2.45, 2.75) is 33.3 Å². The fourth-order valence-corrected chi connectivity index (χ4v) is 2.44. The zero-order valence-corrected chi connectivity index (χ0v) is 15.5. The highest BCUT2D eigenvalue weighted by Crippen LogP contribution is 2.27. The third-order valence-electron chi connectivity index (χ3n) is 3.65. The molecule has 0 radical (unpaired) electrons. The van der Waals surface area contributed by atoms with Crippen LogP contribution in [-0.2, 0) is 4.79 Å². The van der Waals surface area contributed by atoms with E-state index < -0.39 is 11.5 Å². The molecule has 7 nitrogen and oxygen atoms in total. The predicted octanol–water partition coefficient (Wildman–Crippen LogP) is 4.40. The molecule has 1 aromatic carbocycles. The van der Waals surface area contributed by atoms with Gasteiger partial charge in [0.2, 0.25) is 0 Å². The molecular weight excluding hydrogens is 358 g/mol. The smallest absolute Gasteiger partial charge is 0.322 e. The first kappa shape index (κ1) is 18.0. The summed E-state index contributed by atoms with van der Waals surface area (Å²) in [7, 11) is 0. The number of furan rings is 1. The van der Waals surface area contributed by atoms with E-state index >= 15 is 0 Å². The molecule has 2 heterocycles. The molecule has 0 saturated heterocycles. The van der Waals surface area contributed by atoms with Gasteiger partial charge in [-0.2, -0.15) is 0 Å². The van der Waals surface area contributed by atoms with Crippen molar-refractivity contribution in [3.05, 3.63) is 46.9 Å². The molecule has 8 heteroatoms. The monoisotopic (exact) mass is 375 g/mol. The number of aromatic nitrogens is 2. The maximum atomic E-state index is 12.5. The van der Waals surface area contributed by atoms with E-state index in [1.54, 1.807) is 51.1 Å². The number of hydrogen-bond acceptors (Lipinski definition) is 6. The van der Waals surface area contributed by atoms with Crippen molar-refractivity contribution in [1.29, 1.82) is 0 Å². The number of carbonyl (C=O) groups is 1. The Morgan fingerprint density at radius 3 is 2.46 bits per heavy atom.